The summed E-state index contributed by atoms with van der Waals surface area (Å²) >= 11 is 5.81. The van der Waals surface area contributed by atoms with Crippen LogP contribution in [0.5, 0.6) is 0 Å². The fraction of sp³-hybridized carbons (Fsp3) is 0.421. The number of carbonyl (C=O) groups excluding carboxylic acids is 1. The van der Waals surface area contributed by atoms with E-state index in [4.69, 9.17) is 16.0 Å². The zero-order valence-electron chi connectivity index (χ0n) is 15.6. The summed E-state index contributed by atoms with van der Waals surface area (Å²) in [5.41, 5.74) is 0. The minimum absolute atomic E-state index is 0.0659. The fourth-order valence-corrected chi connectivity index (χ4v) is 4.03. The number of nitrogens with one attached hydrogen (secondary N) is 2. The highest BCUT2D eigenvalue weighted by Gasteiger charge is 2.29. The second kappa shape index (κ2) is 9.39. The summed E-state index contributed by atoms with van der Waals surface area (Å²) in [6.07, 6.45) is 2.99. The number of sulfonamides is 1. The third-order valence-electron chi connectivity index (χ3n) is 4.15. The number of carbonyl (C=O) groups is 1. The smallest absolute Gasteiger partial charge is 0.241 e. The SMILES string of the molecule is CC(CCc1ccco1)NC(=O)[C@@H](NS(=O)(=O)c1ccc(Cl)cc1)C(C)C. The monoisotopic (exact) mass is 412 g/mol. The van der Waals surface area contributed by atoms with Gasteiger partial charge in [-0.1, -0.05) is 25.4 Å². The summed E-state index contributed by atoms with van der Waals surface area (Å²) in [4.78, 5) is 12.7. The number of aryl methyl sites for hydroxylation is 1. The maximum Gasteiger partial charge on any atom is 0.241 e. The summed E-state index contributed by atoms with van der Waals surface area (Å²) < 4.78 is 33.0. The molecule has 0 radical (unpaired) electrons. The van der Waals surface area contributed by atoms with Gasteiger partial charge in [0.05, 0.1) is 11.2 Å². The third kappa shape index (κ3) is 6.37. The van der Waals surface area contributed by atoms with Gasteiger partial charge in [0.2, 0.25) is 15.9 Å². The van der Waals surface area contributed by atoms with E-state index in [1.165, 1.54) is 24.3 Å². The molecule has 2 N–H and O–H groups in total. The molecule has 0 saturated heterocycles. The summed E-state index contributed by atoms with van der Waals surface area (Å²) in [5.74, 6) is 0.277. The molecular formula is C19H25ClN2O4S. The molecule has 6 nitrogen and oxygen atoms in total. The van der Waals surface area contributed by atoms with Crippen molar-refractivity contribution < 1.29 is 17.6 Å². The quantitative estimate of drug-likeness (QED) is 0.660. The predicted octanol–water partition coefficient (Wildman–Crippen LogP) is 3.37. The molecule has 148 valence electrons. The Balaban J connectivity index is 2.00. The number of hydrogen-bond donors (Lipinski definition) is 2. The number of benzene rings is 1. The highest BCUT2D eigenvalue weighted by Crippen LogP contribution is 2.16. The molecular weight excluding hydrogens is 388 g/mol. The predicted molar refractivity (Wildman–Crippen MR) is 105 cm³/mol. The van der Waals surface area contributed by atoms with Gasteiger partial charge in [0, 0.05) is 17.5 Å². The van der Waals surface area contributed by atoms with Crippen LogP contribution in [0.25, 0.3) is 0 Å². The minimum atomic E-state index is -3.83. The lowest BCUT2D eigenvalue weighted by Gasteiger charge is -2.24. The van der Waals surface area contributed by atoms with Crippen LogP contribution in [0.15, 0.2) is 52.0 Å². The molecule has 1 aromatic heterocycles. The molecule has 2 aromatic rings. The van der Waals surface area contributed by atoms with E-state index in [0.717, 1.165) is 5.76 Å². The van der Waals surface area contributed by atoms with Gasteiger partial charge in [0.1, 0.15) is 11.8 Å². The van der Waals surface area contributed by atoms with Gasteiger partial charge in [-0.15, -0.1) is 0 Å². The normalized spacial score (nSPS) is 14.1. The van der Waals surface area contributed by atoms with Crippen molar-refractivity contribution in [1.29, 1.82) is 0 Å². The van der Waals surface area contributed by atoms with E-state index in [9.17, 15) is 13.2 Å². The largest absolute Gasteiger partial charge is 0.469 e. The fourth-order valence-electron chi connectivity index (χ4n) is 2.56. The van der Waals surface area contributed by atoms with Crippen molar-refractivity contribution in [2.45, 2.75) is 50.6 Å². The molecule has 1 aromatic carbocycles. The Morgan fingerprint density at radius 3 is 2.37 bits per heavy atom. The average molecular weight is 413 g/mol. The first-order valence-electron chi connectivity index (χ1n) is 8.79. The molecule has 0 spiro atoms. The van der Waals surface area contributed by atoms with Crippen LogP contribution < -0.4 is 10.0 Å². The van der Waals surface area contributed by atoms with Crippen LogP contribution in [0, 0.1) is 5.92 Å². The first-order valence-corrected chi connectivity index (χ1v) is 10.7. The first-order chi connectivity index (χ1) is 12.7. The lowest BCUT2D eigenvalue weighted by atomic mass is 10.0. The van der Waals surface area contributed by atoms with E-state index < -0.39 is 16.1 Å². The van der Waals surface area contributed by atoms with Crippen molar-refractivity contribution in [2.24, 2.45) is 5.92 Å². The number of halogens is 1. The first kappa shape index (κ1) is 21.5. The Kier molecular flexibility index (Phi) is 7.47. The van der Waals surface area contributed by atoms with Crippen LogP contribution >= 0.6 is 11.6 Å². The third-order valence-corrected chi connectivity index (χ3v) is 5.86. The van der Waals surface area contributed by atoms with E-state index in [2.05, 4.69) is 10.0 Å². The molecule has 0 saturated carbocycles. The molecule has 0 aliphatic heterocycles. The second-order valence-electron chi connectivity index (χ2n) is 6.82. The zero-order valence-corrected chi connectivity index (χ0v) is 17.2. The zero-order chi connectivity index (χ0) is 20.0. The van der Waals surface area contributed by atoms with E-state index in [1.807, 2.05) is 19.1 Å². The molecule has 0 fully saturated rings. The number of hydrogen-bond acceptors (Lipinski definition) is 4. The number of furan rings is 1. The summed E-state index contributed by atoms with van der Waals surface area (Å²) in [7, 11) is -3.83. The van der Waals surface area contributed by atoms with E-state index >= 15 is 0 Å². The van der Waals surface area contributed by atoms with E-state index in [0.29, 0.717) is 17.9 Å². The molecule has 1 heterocycles. The summed E-state index contributed by atoms with van der Waals surface area (Å²) in [5, 5.41) is 3.32. The van der Waals surface area contributed by atoms with Gasteiger partial charge < -0.3 is 9.73 Å². The topological polar surface area (TPSA) is 88.4 Å². The van der Waals surface area contributed by atoms with Gasteiger partial charge in [-0.05, 0) is 55.7 Å². The van der Waals surface area contributed by atoms with Gasteiger partial charge in [0.15, 0.2) is 0 Å². The van der Waals surface area contributed by atoms with Crippen LogP contribution in [0.4, 0.5) is 0 Å². The van der Waals surface area contributed by atoms with E-state index in [1.54, 1.807) is 20.1 Å². The van der Waals surface area contributed by atoms with Crippen molar-refractivity contribution in [3.63, 3.8) is 0 Å². The van der Waals surface area contributed by atoms with Crippen LogP contribution in [0.2, 0.25) is 5.02 Å². The van der Waals surface area contributed by atoms with Gasteiger partial charge >= 0.3 is 0 Å². The van der Waals surface area contributed by atoms with Gasteiger partial charge in [-0.2, -0.15) is 4.72 Å². The van der Waals surface area contributed by atoms with Crippen molar-refractivity contribution in [3.8, 4) is 0 Å². The second-order valence-corrected chi connectivity index (χ2v) is 8.97. The van der Waals surface area contributed by atoms with Crippen molar-refractivity contribution >= 4 is 27.5 Å². The molecule has 2 rings (SSSR count). The Morgan fingerprint density at radius 2 is 1.81 bits per heavy atom. The van der Waals surface area contributed by atoms with Crippen molar-refractivity contribution in [2.75, 3.05) is 0 Å². The molecule has 27 heavy (non-hydrogen) atoms. The summed E-state index contributed by atoms with van der Waals surface area (Å²) in [6.45, 7) is 5.47. The minimum Gasteiger partial charge on any atom is -0.469 e. The molecule has 0 aliphatic carbocycles. The van der Waals surface area contributed by atoms with Gasteiger partial charge in [0.25, 0.3) is 0 Å². The Hall–Kier alpha value is -1.83. The standard InChI is InChI=1S/C19H25ClN2O4S/c1-13(2)18(22-27(24,25)17-10-7-15(20)8-11-17)19(23)21-14(3)6-9-16-5-4-12-26-16/h4-5,7-8,10-14,18,22H,6,9H2,1-3H3,(H,21,23)/t14?,18-/m0/s1. The highest BCUT2D eigenvalue weighted by atomic mass is 35.5. The van der Waals surface area contributed by atoms with Crippen LogP contribution in [0.1, 0.15) is 33.0 Å². The average Bonchev–Trinajstić information content (AvgIpc) is 3.11. The van der Waals surface area contributed by atoms with Crippen LogP contribution in [-0.2, 0) is 21.2 Å². The Bertz CT molecular complexity index is 833. The van der Waals surface area contributed by atoms with Gasteiger partial charge in [-0.25, -0.2) is 8.42 Å². The molecule has 1 amide bonds. The maximum absolute atomic E-state index is 12.6. The number of rotatable bonds is 9. The van der Waals surface area contributed by atoms with E-state index in [-0.39, 0.29) is 22.8 Å². The lowest BCUT2D eigenvalue weighted by Crippen LogP contribution is -2.51. The van der Waals surface area contributed by atoms with Gasteiger partial charge in [-0.3, -0.25) is 4.79 Å². The van der Waals surface area contributed by atoms with Crippen molar-refractivity contribution in [3.05, 3.63) is 53.4 Å². The Morgan fingerprint density at radius 1 is 1.15 bits per heavy atom. The molecule has 2 atom stereocenters. The van der Waals surface area contributed by atoms with Crippen LogP contribution in [0.3, 0.4) is 0 Å². The van der Waals surface area contributed by atoms with Crippen molar-refractivity contribution in [1.82, 2.24) is 10.0 Å². The molecule has 1 unspecified atom stereocenters. The maximum atomic E-state index is 12.6. The molecule has 0 aliphatic rings. The summed E-state index contributed by atoms with van der Waals surface area (Å²) in [6, 6.07) is 8.51. The highest BCUT2D eigenvalue weighted by molar-refractivity contribution is 7.89. The molecule has 8 heteroatoms. The Labute approximate surface area is 165 Å². The molecule has 0 bridgehead atoms. The number of amides is 1. The lowest BCUT2D eigenvalue weighted by molar-refractivity contribution is -0.124. The van der Waals surface area contributed by atoms with Crippen LogP contribution in [-0.4, -0.2) is 26.4 Å².